The van der Waals surface area contributed by atoms with Crippen molar-refractivity contribution in [2.75, 3.05) is 6.61 Å². The molecule has 4 nitrogen and oxygen atoms in total. The van der Waals surface area contributed by atoms with Crippen LogP contribution >= 0.6 is 0 Å². The fraction of sp³-hybridized carbons (Fsp3) is 0.500. The Balaban J connectivity index is 1.89. The van der Waals surface area contributed by atoms with E-state index in [0.29, 0.717) is 12.2 Å². The number of aryl methyl sites for hydroxylation is 1. The first-order valence-corrected chi connectivity index (χ1v) is 6.32. The quantitative estimate of drug-likeness (QED) is 0.858. The zero-order valence-corrected chi connectivity index (χ0v) is 10.8. The lowest BCUT2D eigenvalue weighted by Crippen LogP contribution is -2.47. The summed E-state index contributed by atoms with van der Waals surface area (Å²) in [7, 11) is 0. The molecular weight excluding hydrogens is 230 g/mol. The molecule has 1 amide bonds. The van der Waals surface area contributed by atoms with Crippen LogP contribution in [0.3, 0.4) is 0 Å². The van der Waals surface area contributed by atoms with E-state index in [2.05, 4.69) is 5.32 Å². The van der Waals surface area contributed by atoms with Crippen molar-refractivity contribution < 1.29 is 14.6 Å². The van der Waals surface area contributed by atoms with E-state index in [1.54, 1.807) is 12.1 Å². The van der Waals surface area contributed by atoms with E-state index in [1.807, 2.05) is 19.9 Å². The summed E-state index contributed by atoms with van der Waals surface area (Å²) in [5.74, 6) is -0.180. The van der Waals surface area contributed by atoms with Gasteiger partial charge < -0.3 is 15.2 Å². The van der Waals surface area contributed by atoms with Gasteiger partial charge in [-0.05, 0) is 44.4 Å². The maximum absolute atomic E-state index is 11.9. The highest BCUT2D eigenvalue weighted by Gasteiger charge is 2.31. The number of carbonyl (C=O) groups is 1. The fourth-order valence-electron chi connectivity index (χ4n) is 2.15. The molecule has 98 valence electrons. The number of phenolic OH excluding ortho intramolecular Hbond substituents is 1. The van der Waals surface area contributed by atoms with Gasteiger partial charge in [0.05, 0.1) is 11.7 Å². The van der Waals surface area contributed by atoms with E-state index in [1.165, 1.54) is 0 Å². The fourth-order valence-corrected chi connectivity index (χ4v) is 2.15. The van der Waals surface area contributed by atoms with Crippen molar-refractivity contribution in [3.05, 3.63) is 29.3 Å². The number of hydrogen-bond acceptors (Lipinski definition) is 3. The van der Waals surface area contributed by atoms with Crippen LogP contribution < -0.4 is 5.32 Å². The van der Waals surface area contributed by atoms with Gasteiger partial charge in [-0.15, -0.1) is 0 Å². The molecule has 0 bridgehead atoms. The van der Waals surface area contributed by atoms with Crippen LogP contribution in [0.1, 0.15) is 35.7 Å². The largest absolute Gasteiger partial charge is 0.507 e. The van der Waals surface area contributed by atoms with Gasteiger partial charge in [-0.25, -0.2) is 0 Å². The molecule has 1 saturated carbocycles. The van der Waals surface area contributed by atoms with Gasteiger partial charge in [0.2, 0.25) is 0 Å². The van der Waals surface area contributed by atoms with Crippen molar-refractivity contribution >= 4 is 5.91 Å². The first kappa shape index (κ1) is 12.9. The third kappa shape index (κ3) is 2.82. The van der Waals surface area contributed by atoms with Gasteiger partial charge in [-0.2, -0.15) is 0 Å². The summed E-state index contributed by atoms with van der Waals surface area (Å²) in [5, 5.41) is 12.6. The van der Waals surface area contributed by atoms with Crippen LogP contribution in [0.2, 0.25) is 0 Å². The van der Waals surface area contributed by atoms with Crippen LogP contribution in [-0.2, 0) is 4.74 Å². The zero-order valence-electron chi connectivity index (χ0n) is 10.8. The Hall–Kier alpha value is -1.55. The Morgan fingerprint density at radius 1 is 1.50 bits per heavy atom. The molecule has 0 spiro atoms. The third-order valence-corrected chi connectivity index (χ3v) is 3.23. The summed E-state index contributed by atoms with van der Waals surface area (Å²) in [5.41, 5.74) is 1.27. The Labute approximate surface area is 107 Å². The van der Waals surface area contributed by atoms with Crippen LogP contribution in [0.15, 0.2) is 18.2 Å². The minimum absolute atomic E-state index is 0.0354. The van der Waals surface area contributed by atoms with Gasteiger partial charge >= 0.3 is 0 Å². The SMILES string of the molecule is CCOC1CC(NC(=O)c2ccc(C)cc2O)C1. The van der Waals surface area contributed by atoms with Crippen molar-refractivity contribution in [1.82, 2.24) is 5.32 Å². The number of phenols is 1. The average Bonchev–Trinajstić information content (AvgIpc) is 2.26. The van der Waals surface area contributed by atoms with E-state index < -0.39 is 0 Å². The molecule has 0 heterocycles. The number of benzene rings is 1. The molecule has 0 saturated heterocycles. The Kier molecular flexibility index (Phi) is 3.87. The molecule has 1 aromatic carbocycles. The van der Waals surface area contributed by atoms with Gasteiger partial charge in [0.1, 0.15) is 5.75 Å². The lowest BCUT2D eigenvalue weighted by molar-refractivity contribution is -0.00863. The Bertz CT molecular complexity index is 439. The third-order valence-electron chi connectivity index (χ3n) is 3.23. The van der Waals surface area contributed by atoms with Crippen LogP contribution in [0, 0.1) is 6.92 Å². The molecule has 1 aromatic rings. The standard InChI is InChI=1S/C14H19NO3/c1-3-18-11-7-10(8-11)15-14(17)12-5-4-9(2)6-13(12)16/h4-6,10-11,16H,3,7-8H2,1-2H3,(H,15,17). The number of nitrogens with one attached hydrogen (secondary N) is 1. The lowest BCUT2D eigenvalue weighted by Gasteiger charge is -2.35. The minimum Gasteiger partial charge on any atom is -0.507 e. The predicted octanol–water partition coefficient (Wildman–Crippen LogP) is 2.00. The topological polar surface area (TPSA) is 58.6 Å². The molecule has 0 aliphatic heterocycles. The smallest absolute Gasteiger partial charge is 0.255 e. The van der Waals surface area contributed by atoms with Crippen LogP contribution in [0.5, 0.6) is 5.75 Å². The van der Waals surface area contributed by atoms with Gasteiger partial charge in [0, 0.05) is 12.6 Å². The van der Waals surface area contributed by atoms with Crippen LogP contribution in [-0.4, -0.2) is 29.8 Å². The normalized spacial score (nSPS) is 22.3. The second kappa shape index (κ2) is 5.40. The highest BCUT2D eigenvalue weighted by Crippen LogP contribution is 2.25. The summed E-state index contributed by atoms with van der Waals surface area (Å²) in [6, 6.07) is 5.23. The number of ether oxygens (including phenoxy) is 1. The highest BCUT2D eigenvalue weighted by molar-refractivity contribution is 5.97. The van der Waals surface area contributed by atoms with E-state index in [0.717, 1.165) is 18.4 Å². The van der Waals surface area contributed by atoms with Crippen LogP contribution in [0.4, 0.5) is 0 Å². The number of amides is 1. The summed E-state index contributed by atoms with van der Waals surface area (Å²) in [6.45, 7) is 4.56. The van der Waals surface area contributed by atoms with Crippen LogP contribution in [0.25, 0.3) is 0 Å². The monoisotopic (exact) mass is 249 g/mol. The molecule has 2 rings (SSSR count). The average molecular weight is 249 g/mol. The molecule has 18 heavy (non-hydrogen) atoms. The molecule has 1 aliphatic carbocycles. The number of carbonyl (C=O) groups excluding carboxylic acids is 1. The Morgan fingerprint density at radius 3 is 2.83 bits per heavy atom. The molecular formula is C14H19NO3. The van der Waals surface area contributed by atoms with Crippen molar-refractivity contribution in [3.8, 4) is 5.75 Å². The zero-order chi connectivity index (χ0) is 13.1. The number of rotatable bonds is 4. The van der Waals surface area contributed by atoms with Crippen molar-refractivity contribution in [2.45, 2.75) is 38.8 Å². The first-order chi connectivity index (χ1) is 8.60. The lowest BCUT2D eigenvalue weighted by atomic mass is 9.89. The summed E-state index contributed by atoms with van der Waals surface area (Å²) in [6.07, 6.45) is 1.98. The number of aromatic hydroxyl groups is 1. The molecule has 1 aliphatic rings. The van der Waals surface area contributed by atoms with Gasteiger partial charge in [0.15, 0.2) is 0 Å². The summed E-state index contributed by atoms with van der Waals surface area (Å²) in [4.78, 5) is 11.9. The second-order valence-corrected chi connectivity index (χ2v) is 4.74. The van der Waals surface area contributed by atoms with Gasteiger partial charge in [-0.1, -0.05) is 6.07 Å². The van der Waals surface area contributed by atoms with Crippen molar-refractivity contribution in [3.63, 3.8) is 0 Å². The number of hydrogen-bond donors (Lipinski definition) is 2. The first-order valence-electron chi connectivity index (χ1n) is 6.32. The van der Waals surface area contributed by atoms with Gasteiger partial charge in [-0.3, -0.25) is 4.79 Å². The van der Waals surface area contributed by atoms with E-state index in [4.69, 9.17) is 4.74 Å². The van der Waals surface area contributed by atoms with Gasteiger partial charge in [0.25, 0.3) is 5.91 Å². The molecule has 0 atom stereocenters. The van der Waals surface area contributed by atoms with E-state index >= 15 is 0 Å². The molecule has 0 unspecified atom stereocenters. The summed E-state index contributed by atoms with van der Waals surface area (Å²) < 4.78 is 5.43. The summed E-state index contributed by atoms with van der Waals surface area (Å²) >= 11 is 0. The molecule has 1 fully saturated rings. The van der Waals surface area contributed by atoms with E-state index in [-0.39, 0.29) is 23.8 Å². The van der Waals surface area contributed by atoms with Crippen molar-refractivity contribution in [1.29, 1.82) is 0 Å². The second-order valence-electron chi connectivity index (χ2n) is 4.74. The molecule has 2 N–H and O–H groups in total. The van der Waals surface area contributed by atoms with E-state index in [9.17, 15) is 9.90 Å². The maximum Gasteiger partial charge on any atom is 0.255 e. The molecule has 4 heteroatoms. The predicted molar refractivity (Wildman–Crippen MR) is 68.7 cm³/mol. The van der Waals surface area contributed by atoms with Crippen molar-refractivity contribution in [2.24, 2.45) is 0 Å². The Morgan fingerprint density at radius 2 is 2.22 bits per heavy atom. The molecule has 0 aromatic heterocycles. The minimum atomic E-state index is -0.215. The maximum atomic E-state index is 11.9. The molecule has 0 radical (unpaired) electrons. The highest BCUT2D eigenvalue weighted by atomic mass is 16.5.